The molecular weight excluding hydrogens is 402 g/mol. The molecule has 2 N–H and O–H groups in total. The van der Waals surface area contributed by atoms with E-state index in [1.807, 2.05) is 47.1 Å². The number of anilines is 3. The first-order chi connectivity index (χ1) is 15.5. The van der Waals surface area contributed by atoms with Gasteiger partial charge >= 0.3 is 0 Å². The Morgan fingerprint density at radius 3 is 2.78 bits per heavy atom. The molecule has 1 amide bonds. The largest absolute Gasteiger partial charge is 0.404 e. The fourth-order valence-corrected chi connectivity index (χ4v) is 4.36. The monoisotopic (exact) mass is 429 g/mol. The maximum Gasteiger partial charge on any atom is 0.224 e. The third kappa shape index (κ3) is 3.41. The van der Waals surface area contributed by atoms with E-state index in [0.29, 0.717) is 12.6 Å². The fourth-order valence-electron chi connectivity index (χ4n) is 4.36. The summed E-state index contributed by atoms with van der Waals surface area (Å²) in [5.74, 6) is 0.793. The maximum absolute atomic E-state index is 12.5. The first-order valence-corrected chi connectivity index (χ1v) is 10.9. The number of allylic oxidation sites excluding steroid dienone is 1. The third-order valence-corrected chi connectivity index (χ3v) is 6.08. The Balaban J connectivity index is 1.66. The summed E-state index contributed by atoms with van der Waals surface area (Å²) in [6.45, 7) is 4.27. The van der Waals surface area contributed by atoms with Gasteiger partial charge in [-0.15, -0.1) is 0 Å². The van der Waals surface area contributed by atoms with E-state index in [-0.39, 0.29) is 11.9 Å². The van der Waals surface area contributed by atoms with E-state index < -0.39 is 0 Å². The molecule has 3 aromatic rings. The van der Waals surface area contributed by atoms with Crippen molar-refractivity contribution in [2.45, 2.75) is 38.8 Å². The van der Waals surface area contributed by atoms with E-state index in [2.05, 4.69) is 27.9 Å². The average Bonchev–Trinajstić information content (AvgIpc) is 3.55. The lowest BCUT2D eigenvalue weighted by Gasteiger charge is -2.41. The molecule has 1 aliphatic heterocycles. The number of pyridine rings is 1. The Morgan fingerprint density at radius 2 is 2.06 bits per heavy atom. The highest BCUT2D eigenvalue weighted by Crippen LogP contribution is 2.42. The molecular formula is C24H27N7O. The number of carbonyl (C=O) groups is 1. The van der Waals surface area contributed by atoms with E-state index >= 15 is 0 Å². The van der Waals surface area contributed by atoms with E-state index in [4.69, 9.17) is 10.8 Å². The summed E-state index contributed by atoms with van der Waals surface area (Å²) in [7, 11) is 1.92. The van der Waals surface area contributed by atoms with Crippen molar-refractivity contribution in [2.75, 3.05) is 16.3 Å². The van der Waals surface area contributed by atoms with Crippen molar-refractivity contribution in [3.63, 3.8) is 0 Å². The zero-order valence-corrected chi connectivity index (χ0v) is 18.6. The Labute approximate surface area is 187 Å². The highest BCUT2D eigenvalue weighted by molar-refractivity contribution is 6.11. The van der Waals surface area contributed by atoms with Crippen molar-refractivity contribution >= 4 is 45.9 Å². The number of aryl methyl sites for hydroxylation is 1. The summed E-state index contributed by atoms with van der Waals surface area (Å²) in [6.07, 6.45) is 7.50. The summed E-state index contributed by atoms with van der Waals surface area (Å²) in [5.41, 5.74) is 11.3. The number of hydrogen-bond donors (Lipinski definition) is 1. The topological polar surface area (TPSA) is 92.6 Å². The molecule has 2 aliphatic rings. The van der Waals surface area contributed by atoms with Gasteiger partial charge in [0.25, 0.3) is 0 Å². The zero-order valence-electron chi connectivity index (χ0n) is 18.6. The molecule has 3 heterocycles. The second-order valence-corrected chi connectivity index (χ2v) is 8.50. The van der Waals surface area contributed by atoms with Crippen LogP contribution < -0.4 is 15.5 Å². The molecule has 32 heavy (non-hydrogen) atoms. The fraction of sp³-hybridized carbons (Fsp3) is 0.333. The lowest BCUT2D eigenvalue weighted by atomic mass is 10.0. The number of rotatable bonds is 4. The van der Waals surface area contributed by atoms with E-state index in [1.54, 1.807) is 19.3 Å². The van der Waals surface area contributed by atoms with Gasteiger partial charge in [0.1, 0.15) is 5.52 Å². The summed E-state index contributed by atoms with van der Waals surface area (Å²) >= 11 is 0. The number of benzene rings is 1. The predicted molar refractivity (Wildman–Crippen MR) is 128 cm³/mol. The second kappa shape index (κ2) is 7.78. The van der Waals surface area contributed by atoms with Crippen LogP contribution in [-0.2, 0) is 11.8 Å². The highest BCUT2D eigenvalue weighted by atomic mass is 16.2. The summed E-state index contributed by atoms with van der Waals surface area (Å²) in [6, 6.07) is 10.4. The quantitative estimate of drug-likeness (QED) is 0.642. The molecule has 8 heteroatoms. The molecule has 1 atom stereocenters. The number of hydrogen-bond acceptors (Lipinski definition) is 6. The molecule has 0 spiro atoms. The number of aliphatic imine (C=N–C) groups is 1. The Kier molecular flexibility index (Phi) is 4.92. The molecule has 1 saturated carbocycles. The first kappa shape index (κ1) is 20.2. The molecule has 0 bridgehead atoms. The van der Waals surface area contributed by atoms with Gasteiger partial charge in [-0.25, -0.2) is 0 Å². The van der Waals surface area contributed by atoms with Crippen LogP contribution in [0.15, 0.2) is 47.7 Å². The first-order valence-electron chi connectivity index (χ1n) is 10.9. The van der Waals surface area contributed by atoms with Crippen LogP contribution in [-0.4, -0.2) is 45.5 Å². The van der Waals surface area contributed by atoms with E-state index in [0.717, 1.165) is 52.2 Å². The van der Waals surface area contributed by atoms with Gasteiger partial charge in [0, 0.05) is 44.7 Å². The molecule has 5 rings (SSSR count). The number of nitrogens with two attached hydrogens (primary N) is 1. The van der Waals surface area contributed by atoms with Gasteiger partial charge in [0.05, 0.1) is 29.0 Å². The summed E-state index contributed by atoms with van der Waals surface area (Å²) in [5, 5.41) is 4.79. The van der Waals surface area contributed by atoms with E-state index in [9.17, 15) is 4.79 Å². The van der Waals surface area contributed by atoms with Gasteiger partial charge in [0.2, 0.25) is 5.91 Å². The average molecular weight is 430 g/mol. The number of fused-ring (bicyclic) bond motifs is 2. The van der Waals surface area contributed by atoms with Crippen LogP contribution >= 0.6 is 0 Å². The highest BCUT2D eigenvalue weighted by Gasteiger charge is 2.34. The molecule has 1 aliphatic carbocycles. The molecule has 0 unspecified atom stereocenters. The van der Waals surface area contributed by atoms with Crippen LogP contribution in [0.3, 0.4) is 0 Å². The van der Waals surface area contributed by atoms with Crippen molar-refractivity contribution in [3.05, 3.63) is 48.3 Å². The minimum atomic E-state index is -0.0208. The lowest BCUT2D eigenvalue weighted by molar-refractivity contribution is -0.117. The van der Waals surface area contributed by atoms with Crippen molar-refractivity contribution in [1.82, 2.24) is 14.8 Å². The number of carbonyl (C=O) groups excluding carboxylic acids is 1. The molecule has 164 valence electrons. The smallest absolute Gasteiger partial charge is 0.224 e. The van der Waals surface area contributed by atoms with E-state index in [1.165, 1.54) is 0 Å². The van der Waals surface area contributed by atoms with Crippen LogP contribution in [0.5, 0.6) is 0 Å². The van der Waals surface area contributed by atoms with Gasteiger partial charge in [-0.1, -0.05) is 6.07 Å². The van der Waals surface area contributed by atoms with Crippen LogP contribution in [0.4, 0.5) is 17.2 Å². The maximum atomic E-state index is 12.5. The Hall–Kier alpha value is -3.68. The van der Waals surface area contributed by atoms with Crippen molar-refractivity contribution in [1.29, 1.82) is 0 Å². The van der Waals surface area contributed by atoms with Crippen LogP contribution in [0, 0.1) is 0 Å². The molecule has 2 aromatic heterocycles. The molecule has 0 radical (unpaired) electrons. The van der Waals surface area contributed by atoms with Crippen LogP contribution in [0.25, 0.3) is 16.6 Å². The SMILES string of the molecule is CC(=O)N1c2ccc(/C(C=NC3CC3)=C/N)cc2N(c2nn(C)c3cccnc23)C[C@@H]1C. The minimum Gasteiger partial charge on any atom is -0.404 e. The standard InChI is InChI=1S/C24H27N7O/c1-15-14-30(24-23-21(29(3)28-24)5-4-10-26-23)22-11-17(6-9-20(22)31(15)16(2)32)18(12-25)13-27-19-7-8-19/h4-6,9-13,15,19H,7-8,14,25H2,1-3H3/b18-12+,27-13?/t15-/m0/s1. The van der Waals surface area contributed by atoms with Crippen molar-refractivity contribution in [2.24, 2.45) is 17.8 Å². The molecule has 1 aromatic carbocycles. The van der Waals surface area contributed by atoms with Gasteiger partial charge in [-0.3, -0.25) is 19.5 Å². The number of amides is 1. The zero-order chi connectivity index (χ0) is 22.4. The molecule has 1 fully saturated rings. The second-order valence-electron chi connectivity index (χ2n) is 8.50. The summed E-state index contributed by atoms with van der Waals surface area (Å²) in [4.78, 5) is 25.7. The molecule has 8 nitrogen and oxygen atoms in total. The van der Waals surface area contributed by atoms with Gasteiger partial charge in [0.15, 0.2) is 5.82 Å². The summed E-state index contributed by atoms with van der Waals surface area (Å²) < 4.78 is 1.84. The Bertz CT molecular complexity index is 1250. The lowest BCUT2D eigenvalue weighted by Crippen LogP contribution is -2.48. The van der Waals surface area contributed by atoms with Gasteiger partial charge in [-0.05, 0) is 49.6 Å². The number of nitrogens with zero attached hydrogens (tertiary/aromatic N) is 6. The van der Waals surface area contributed by atoms with Gasteiger partial charge in [-0.2, -0.15) is 5.10 Å². The van der Waals surface area contributed by atoms with Crippen molar-refractivity contribution in [3.8, 4) is 0 Å². The Morgan fingerprint density at radius 1 is 1.25 bits per heavy atom. The third-order valence-electron chi connectivity index (χ3n) is 6.08. The molecule has 0 saturated heterocycles. The number of aromatic nitrogens is 3. The van der Waals surface area contributed by atoms with Gasteiger partial charge < -0.3 is 15.5 Å². The van der Waals surface area contributed by atoms with Crippen molar-refractivity contribution < 1.29 is 4.79 Å². The van der Waals surface area contributed by atoms with Crippen LogP contribution in [0.2, 0.25) is 0 Å². The minimum absolute atomic E-state index is 0.0139. The normalized spacial score (nSPS) is 19.1. The van der Waals surface area contributed by atoms with Crippen LogP contribution in [0.1, 0.15) is 32.3 Å². The predicted octanol–water partition coefficient (Wildman–Crippen LogP) is 3.39.